The molecule has 0 atom stereocenters. The molecule has 0 aliphatic heterocycles. The molecule has 1 amide bonds. The van der Waals surface area contributed by atoms with Crippen molar-refractivity contribution in [3.63, 3.8) is 0 Å². The predicted octanol–water partition coefficient (Wildman–Crippen LogP) is 4.55. The van der Waals surface area contributed by atoms with E-state index in [2.05, 4.69) is 25.9 Å². The third-order valence-electron chi connectivity index (χ3n) is 3.55. The summed E-state index contributed by atoms with van der Waals surface area (Å²) in [5, 5.41) is 0.772. The van der Waals surface area contributed by atoms with Gasteiger partial charge in [0.05, 0.1) is 11.4 Å². The summed E-state index contributed by atoms with van der Waals surface area (Å²) in [5.74, 6) is -0.0184. The lowest BCUT2D eigenvalue weighted by Crippen LogP contribution is -2.26. The summed E-state index contributed by atoms with van der Waals surface area (Å²) in [7, 11) is 1.81. The number of aromatic nitrogens is 2. The van der Waals surface area contributed by atoms with Crippen LogP contribution in [0.1, 0.15) is 20.9 Å². The summed E-state index contributed by atoms with van der Waals surface area (Å²) in [5.41, 5.74) is 2.62. The number of rotatable bonds is 4. The maximum atomic E-state index is 12.7. The molecular weight excluding hydrogens is 386 g/mol. The van der Waals surface area contributed by atoms with Gasteiger partial charge >= 0.3 is 0 Å². The van der Waals surface area contributed by atoms with E-state index in [9.17, 15) is 4.79 Å². The second-order valence-corrected chi connectivity index (χ2v) is 7.35. The van der Waals surface area contributed by atoms with E-state index in [1.54, 1.807) is 11.1 Å². The Morgan fingerprint density at radius 1 is 1.21 bits per heavy atom. The van der Waals surface area contributed by atoms with E-state index in [1.807, 2.05) is 56.4 Å². The molecule has 1 aromatic carbocycles. The molecule has 0 aliphatic rings. The minimum absolute atomic E-state index is 0.0184. The number of amides is 1. The first-order chi connectivity index (χ1) is 11.5. The van der Waals surface area contributed by atoms with Crippen LogP contribution in [0.25, 0.3) is 10.7 Å². The standard InChI is InChI=1S/C18H16BrN3OS/c1-12-16(24-17(21-12)15-5-3-4-10-20-15)18(23)22(2)11-13-6-8-14(19)9-7-13/h3-10H,11H2,1-2H3. The highest BCUT2D eigenvalue weighted by atomic mass is 79.9. The van der Waals surface area contributed by atoms with Gasteiger partial charge in [0.15, 0.2) is 0 Å². The maximum Gasteiger partial charge on any atom is 0.265 e. The van der Waals surface area contributed by atoms with Crippen molar-refractivity contribution in [2.24, 2.45) is 0 Å². The number of pyridine rings is 1. The number of hydrogen-bond donors (Lipinski definition) is 0. The number of carbonyl (C=O) groups is 1. The summed E-state index contributed by atoms with van der Waals surface area (Å²) in [6.07, 6.45) is 1.73. The van der Waals surface area contributed by atoms with Crippen LogP contribution in [0.15, 0.2) is 53.1 Å². The second-order valence-electron chi connectivity index (χ2n) is 5.44. The van der Waals surface area contributed by atoms with Crippen molar-refractivity contribution in [3.8, 4) is 10.7 Å². The molecule has 0 N–H and O–H groups in total. The first kappa shape index (κ1) is 16.8. The summed E-state index contributed by atoms with van der Waals surface area (Å²) in [4.78, 5) is 23.9. The molecule has 24 heavy (non-hydrogen) atoms. The molecule has 0 saturated heterocycles. The quantitative estimate of drug-likeness (QED) is 0.643. The highest BCUT2D eigenvalue weighted by Crippen LogP contribution is 2.27. The van der Waals surface area contributed by atoms with Gasteiger partial charge in [0.1, 0.15) is 9.88 Å². The largest absolute Gasteiger partial charge is 0.337 e. The Hall–Kier alpha value is -2.05. The number of halogens is 1. The van der Waals surface area contributed by atoms with Gasteiger partial charge in [-0.25, -0.2) is 4.98 Å². The van der Waals surface area contributed by atoms with E-state index in [0.29, 0.717) is 11.4 Å². The number of thiazole rings is 1. The van der Waals surface area contributed by atoms with Crippen molar-refractivity contribution < 1.29 is 4.79 Å². The van der Waals surface area contributed by atoms with Crippen molar-refractivity contribution in [2.45, 2.75) is 13.5 Å². The molecule has 0 saturated carbocycles. The zero-order valence-corrected chi connectivity index (χ0v) is 15.8. The van der Waals surface area contributed by atoms with Gasteiger partial charge in [-0.1, -0.05) is 34.1 Å². The third kappa shape index (κ3) is 3.71. The van der Waals surface area contributed by atoms with Gasteiger partial charge in [0.2, 0.25) is 0 Å². The topological polar surface area (TPSA) is 46.1 Å². The van der Waals surface area contributed by atoms with E-state index in [1.165, 1.54) is 11.3 Å². The summed E-state index contributed by atoms with van der Waals surface area (Å²) in [6, 6.07) is 13.6. The van der Waals surface area contributed by atoms with Crippen LogP contribution in [0.5, 0.6) is 0 Å². The first-order valence-corrected chi connectivity index (χ1v) is 9.04. The van der Waals surface area contributed by atoms with Crippen LogP contribution >= 0.6 is 27.3 Å². The summed E-state index contributed by atoms with van der Waals surface area (Å²) < 4.78 is 1.03. The Balaban J connectivity index is 1.79. The molecule has 4 nitrogen and oxygen atoms in total. The van der Waals surface area contributed by atoms with Crippen LogP contribution < -0.4 is 0 Å². The summed E-state index contributed by atoms with van der Waals surface area (Å²) >= 11 is 4.81. The highest BCUT2D eigenvalue weighted by Gasteiger charge is 2.20. The number of carbonyl (C=O) groups excluding carboxylic acids is 1. The Kier molecular flexibility index (Phi) is 5.06. The normalized spacial score (nSPS) is 10.6. The molecule has 3 aromatic rings. The van der Waals surface area contributed by atoms with Crippen LogP contribution in [0, 0.1) is 6.92 Å². The van der Waals surface area contributed by atoms with Gasteiger partial charge in [0, 0.05) is 24.3 Å². The second kappa shape index (κ2) is 7.23. The van der Waals surface area contributed by atoms with Crippen molar-refractivity contribution in [3.05, 3.63) is 69.3 Å². The molecule has 0 radical (unpaired) electrons. The zero-order valence-electron chi connectivity index (χ0n) is 13.4. The average molecular weight is 402 g/mol. The fourth-order valence-corrected chi connectivity index (χ4v) is 3.60. The van der Waals surface area contributed by atoms with Crippen molar-refractivity contribution in [2.75, 3.05) is 7.05 Å². The minimum atomic E-state index is -0.0184. The third-order valence-corrected chi connectivity index (χ3v) is 5.25. The predicted molar refractivity (Wildman–Crippen MR) is 100 cm³/mol. The first-order valence-electron chi connectivity index (χ1n) is 7.43. The van der Waals surface area contributed by atoms with Gasteiger partial charge < -0.3 is 4.90 Å². The molecule has 3 rings (SSSR count). The fourth-order valence-electron chi connectivity index (χ4n) is 2.30. The molecule has 6 heteroatoms. The van der Waals surface area contributed by atoms with E-state index in [0.717, 1.165) is 26.4 Å². The number of hydrogen-bond acceptors (Lipinski definition) is 4. The molecule has 2 heterocycles. The monoisotopic (exact) mass is 401 g/mol. The van der Waals surface area contributed by atoms with Gasteiger partial charge in [0.25, 0.3) is 5.91 Å². The van der Waals surface area contributed by atoms with Crippen molar-refractivity contribution in [1.82, 2.24) is 14.9 Å². The Morgan fingerprint density at radius 3 is 2.62 bits per heavy atom. The molecule has 122 valence electrons. The molecule has 0 fully saturated rings. The van der Waals surface area contributed by atoms with E-state index < -0.39 is 0 Å². The van der Waals surface area contributed by atoms with Crippen LogP contribution in [-0.2, 0) is 6.54 Å². The van der Waals surface area contributed by atoms with Gasteiger partial charge in [-0.2, -0.15) is 0 Å². The minimum Gasteiger partial charge on any atom is -0.337 e. The molecule has 2 aromatic heterocycles. The maximum absolute atomic E-state index is 12.7. The molecular formula is C18H16BrN3OS. The summed E-state index contributed by atoms with van der Waals surface area (Å²) in [6.45, 7) is 2.42. The molecule has 0 spiro atoms. The number of nitrogens with zero attached hydrogens (tertiary/aromatic N) is 3. The van der Waals surface area contributed by atoms with Crippen molar-refractivity contribution in [1.29, 1.82) is 0 Å². The van der Waals surface area contributed by atoms with Crippen LogP contribution in [0.4, 0.5) is 0 Å². The Morgan fingerprint density at radius 2 is 1.96 bits per heavy atom. The van der Waals surface area contributed by atoms with E-state index >= 15 is 0 Å². The smallest absolute Gasteiger partial charge is 0.265 e. The highest BCUT2D eigenvalue weighted by molar-refractivity contribution is 9.10. The number of benzene rings is 1. The zero-order chi connectivity index (χ0) is 17.1. The number of aryl methyl sites for hydroxylation is 1. The average Bonchev–Trinajstić information content (AvgIpc) is 2.99. The van der Waals surface area contributed by atoms with Crippen LogP contribution in [0.3, 0.4) is 0 Å². The SMILES string of the molecule is Cc1nc(-c2ccccn2)sc1C(=O)N(C)Cc1ccc(Br)cc1. The Labute approximate surface area is 153 Å². The van der Waals surface area contributed by atoms with Crippen LogP contribution in [0.2, 0.25) is 0 Å². The van der Waals surface area contributed by atoms with Crippen molar-refractivity contribution >= 4 is 33.2 Å². The lowest BCUT2D eigenvalue weighted by atomic mass is 10.2. The van der Waals surface area contributed by atoms with Crippen LogP contribution in [-0.4, -0.2) is 27.8 Å². The van der Waals surface area contributed by atoms with Gasteiger partial charge in [-0.3, -0.25) is 9.78 Å². The molecule has 0 aliphatic carbocycles. The van der Waals surface area contributed by atoms with Gasteiger partial charge in [-0.15, -0.1) is 11.3 Å². The Bertz CT molecular complexity index is 846. The lowest BCUT2D eigenvalue weighted by Gasteiger charge is -2.16. The molecule has 0 bridgehead atoms. The fraction of sp³-hybridized carbons (Fsp3) is 0.167. The van der Waals surface area contributed by atoms with E-state index in [4.69, 9.17) is 0 Å². The van der Waals surface area contributed by atoms with Gasteiger partial charge in [-0.05, 0) is 36.8 Å². The molecule has 0 unspecified atom stereocenters. The van der Waals surface area contributed by atoms with E-state index in [-0.39, 0.29) is 5.91 Å². The lowest BCUT2D eigenvalue weighted by molar-refractivity contribution is 0.0789.